The zero-order chi connectivity index (χ0) is 17.0. The molecule has 1 rings (SSSR count). The van der Waals surface area contributed by atoms with Crippen molar-refractivity contribution in [1.82, 2.24) is 0 Å². The minimum atomic E-state index is 0.435. The Labute approximate surface area is 141 Å². The van der Waals surface area contributed by atoms with Crippen molar-refractivity contribution in [2.75, 3.05) is 0 Å². The summed E-state index contributed by atoms with van der Waals surface area (Å²) in [5.74, 6) is 1.75. The third-order valence-electron chi connectivity index (χ3n) is 6.42. The fraction of sp³-hybridized carbons (Fsp3) is 1.00. The second-order valence-corrected chi connectivity index (χ2v) is 10.2. The van der Waals surface area contributed by atoms with Crippen molar-refractivity contribution in [2.45, 2.75) is 113 Å². The third kappa shape index (κ3) is 4.51. The molecule has 0 aromatic rings. The van der Waals surface area contributed by atoms with Gasteiger partial charge in [0, 0.05) is 0 Å². The maximum absolute atomic E-state index is 2.51. The van der Waals surface area contributed by atoms with E-state index in [4.69, 9.17) is 0 Å². The fourth-order valence-corrected chi connectivity index (χ4v) is 5.89. The van der Waals surface area contributed by atoms with E-state index < -0.39 is 0 Å². The van der Waals surface area contributed by atoms with Crippen LogP contribution in [0.3, 0.4) is 0 Å². The van der Waals surface area contributed by atoms with Gasteiger partial charge < -0.3 is 0 Å². The Morgan fingerprint density at radius 2 is 1.05 bits per heavy atom. The summed E-state index contributed by atoms with van der Waals surface area (Å²) in [6, 6.07) is 0. The zero-order valence-corrected chi connectivity index (χ0v) is 17.0. The fourth-order valence-electron chi connectivity index (χ4n) is 5.89. The van der Waals surface area contributed by atoms with E-state index in [1.807, 2.05) is 0 Å². The molecule has 1 fully saturated rings. The monoisotopic (exact) mass is 308 g/mol. The van der Waals surface area contributed by atoms with Crippen LogP contribution in [0.25, 0.3) is 0 Å². The molecule has 132 valence electrons. The van der Waals surface area contributed by atoms with Crippen LogP contribution in [0.2, 0.25) is 0 Å². The molecule has 0 bridgehead atoms. The van der Waals surface area contributed by atoms with Crippen LogP contribution in [-0.2, 0) is 0 Å². The summed E-state index contributed by atoms with van der Waals surface area (Å²) in [6.07, 6.45) is 12.9. The van der Waals surface area contributed by atoms with Gasteiger partial charge in [-0.05, 0) is 53.8 Å². The quantitative estimate of drug-likeness (QED) is 0.468. The minimum Gasteiger partial charge on any atom is -0.0654 e. The third-order valence-corrected chi connectivity index (χ3v) is 6.42. The molecule has 0 spiro atoms. The number of rotatable bonds is 6. The standard InChI is InChI=1S/C22H44/c1-9-14-18(20(3,4)5)22(16-12-11-13-17-22)19(15-10-2)21(6,7)8/h18-19H,9-17H2,1-8H3. The van der Waals surface area contributed by atoms with Gasteiger partial charge in [0.25, 0.3) is 0 Å². The first kappa shape index (κ1) is 20.0. The summed E-state index contributed by atoms with van der Waals surface area (Å²) in [7, 11) is 0. The van der Waals surface area contributed by atoms with E-state index in [0.29, 0.717) is 16.2 Å². The van der Waals surface area contributed by atoms with Gasteiger partial charge in [0.05, 0.1) is 0 Å². The molecular formula is C22H44. The Bertz CT molecular complexity index is 280. The molecule has 22 heavy (non-hydrogen) atoms. The maximum Gasteiger partial charge on any atom is -0.0231 e. The molecule has 0 aromatic heterocycles. The van der Waals surface area contributed by atoms with Gasteiger partial charge in [-0.3, -0.25) is 0 Å². The topological polar surface area (TPSA) is 0 Å². The van der Waals surface area contributed by atoms with Crippen LogP contribution < -0.4 is 0 Å². The molecule has 0 amide bonds. The molecule has 2 atom stereocenters. The average Bonchev–Trinajstić information content (AvgIpc) is 2.40. The van der Waals surface area contributed by atoms with Gasteiger partial charge in [-0.1, -0.05) is 87.5 Å². The van der Waals surface area contributed by atoms with Crippen LogP contribution in [0.1, 0.15) is 113 Å². The molecule has 0 radical (unpaired) electrons. The summed E-state index contributed by atoms with van der Waals surface area (Å²) in [5.41, 5.74) is 1.45. The van der Waals surface area contributed by atoms with Gasteiger partial charge in [-0.2, -0.15) is 0 Å². The van der Waals surface area contributed by atoms with E-state index in [9.17, 15) is 0 Å². The van der Waals surface area contributed by atoms with Gasteiger partial charge in [0.2, 0.25) is 0 Å². The van der Waals surface area contributed by atoms with Crippen LogP contribution >= 0.6 is 0 Å². The molecule has 1 saturated carbocycles. The SMILES string of the molecule is CCCC(C(C)(C)C)C1(C(CCC)C(C)(C)C)CCCCC1. The molecule has 0 N–H and O–H groups in total. The van der Waals surface area contributed by atoms with Crippen molar-refractivity contribution in [3.63, 3.8) is 0 Å². The molecule has 0 aromatic carbocycles. The molecule has 0 nitrogen and oxygen atoms in total. The highest BCUT2D eigenvalue weighted by Gasteiger charge is 2.51. The summed E-state index contributed by atoms with van der Waals surface area (Å²) >= 11 is 0. The number of hydrogen-bond acceptors (Lipinski definition) is 0. The first-order chi connectivity index (χ1) is 10.1. The smallest absolute Gasteiger partial charge is 0.0231 e. The Hall–Kier alpha value is 0. The van der Waals surface area contributed by atoms with E-state index in [1.165, 1.54) is 57.8 Å². The largest absolute Gasteiger partial charge is 0.0654 e. The average molecular weight is 309 g/mol. The van der Waals surface area contributed by atoms with Crippen molar-refractivity contribution < 1.29 is 0 Å². The van der Waals surface area contributed by atoms with Gasteiger partial charge in [-0.15, -0.1) is 0 Å². The lowest BCUT2D eigenvalue weighted by Gasteiger charge is -2.57. The summed E-state index contributed by atoms with van der Waals surface area (Å²) in [6.45, 7) is 19.8. The molecule has 1 aliphatic carbocycles. The molecule has 1 aliphatic rings. The highest BCUT2D eigenvalue weighted by Crippen LogP contribution is 2.60. The Morgan fingerprint density at radius 3 is 1.32 bits per heavy atom. The Balaban J connectivity index is 3.32. The van der Waals surface area contributed by atoms with Gasteiger partial charge in [0.15, 0.2) is 0 Å². The maximum atomic E-state index is 2.51. The predicted molar refractivity (Wildman–Crippen MR) is 101 cm³/mol. The van der Waals surface area contributed by atoms with Gasteiger partial charge in [-0.25, -0.2) is 0 Å². The van der Waals surface area contributed by atoms with Crippen molar-refractivity contribution >= 4 is 0 Å². The molecular weight excluding hydrogens is 264 g/mol. The first-order valence-electron chi connectivity index (χ1n) is 10.1. The highest BCUT2D eigenvalue weighted by atomic mass is 14.6. The number of hydrogen-bond donors (Lipinski definition) is 0. The molecule has 2 unspecified atom stereocenters. The Morgan fingerprint density at radius 1 is 0.682 bits per heavy atom. The predicted octanol–water partition coefficient (Wildman–Crippen LogP) is 7.86. The van der Waals surface area contributed by atoms with Crippen molar-refractivity contribution in [2.24, 2.45) is 28.1 Å². The van der Waals surface area contributed by atoms with Crippen molar-refractivity contribution in [3.8, 4) is 0 Å². The van der Waals surface area contributed by atoms with E-state index in [1.54, 1.807) is 0 Å². The molecule has 0 heteroatoms. The first-order valence-corrected chi connectivity index (χ1v) is 10.1. The summed E-state index contributed by atoms with van der Waals surface area (Å²) < 4.78 is 0. The van der Waals surface area contributed by atoms with Crippen LogP contribution in [0.4, 0.5) is 0 Å². The van der Waals surface area contributed by atoms with Crippen LogP contribution in [-0.4, -0.2) is 0 Å². The summed E-state index contributed by atoms with van der Waals surface area (Å²) in [5, 5.41) is 0. The lowest BCUT2D eigenvalue weighted by atomic mass is 9.48. The van der Waals surface area contributed by atoms with E-state index in [0.717, 1.165) is 11.8 Å². The minimum absolute atomic E-state index is 0.435. The van der Waals surface area contributed by atoms with Crippen LogP contribution in [0, 0.1) is 28.1 Å². The molecule has 0 saturated heterocycles. The van der Waals surface area contributed by atoms with Crippen molar-refractivity contribution in [1.29, 1.82) is 0 Å². The summed E-state index contributed by atoms with van der Waals surface area (Å²) in [4.78, 5) is 0. The normalized spacial score (nSPS) is 22.4. The lowest BCUT2D eigenvalue weighted by molar-refractivity contribution is -0.0800. The molecule has 0 aliphatic heterocycles. The van der Waals surface area contributed by atoms with E-state index in [-0.39, 0.29) is 0 Å². The molecule has 0 heterocycles. The van der Waals surface area contributed by atoms with Crippen molar-refractivity contribution in [3.05, 3.63) is 0 Å². The van der Waals surface area contributed by atoms with E-state index >= 15 is 0 Å². The van der Waals surface area contributed by atoms with Gasteiger partial charge >= 0.3 is 0 Å². The Kier molecular flexibility index (Phi) is 7.03. The zero-order valence-electron chi connectivity index (χ0n) is 17.0. The second kappa shape index (κ2) is 7.71. The van der Waals surface area contributed by atoms with E-state index in [2.05, 4.69) is 55.4 Å². The van der Waals surface area contributed by atoms with Crippen LogP contribution in [0.15, 0.2) is 0 Å². The van der Waals surface area contributed by atoms with Crippen LogP contribution in [0.5, 0.6) is 0 Å². The van der Waals surface area contributed by atoms with Gasteiger partial charge in [0.1, 0.15) is 0 Å². The second-order valence-electron chi connectivity index (χ2n) is 10.2. The lowest BCUT2D eigenvalue weighted by Crippen LogP contribution is -2.49. The highest BCUT2D eigenvalue weighted by molar-refractivity contribution is 5.01.